The van der Waals surface area contributed by atoms with E-state index >= 15 is 0 Å². The lowest BCUT2D eigenvalue weighted by atomic mass is 10.0. The summed E-state index contributed by atoms with van der Waals surface area (Å²) < 4.78 is 18.4. The molecule has 0 spiro atoms. The Balaban J connectivity index is 1.53. The van der Waals surface area contributed by atoms with Gasteiger partial charge in [-0.1, -0.05) is 12.1 Å². The van der Waals surface area contributed by atoms with Gasteiger partial charge in [0.1, 0.15) is 11.4 Å². The Morgan fingerprint density at radius 3 is 2.58 bits per heavy atom. The molecule has 0 bridgehead atoms. The zero-order valence-corrected chi connectivity index (χ0v) is 19.5. The largest absolute Gasteiger partial charge is 0.497 e. The number of nitrogens with zero attached hydrogens (tertiary/aromatic N) is 3. The zero-order chi connectivity index (χ0) is 23.4. The summed E-state index contributed by atoms with van der Waals surface area (Å²) in [6.45, 7) is 1.68. The van der Waals surface area contributed by atoms with Gasteiger partial charge in [0.25, 0.3) is 5.91 Å². The average Bonchev–Trinajstić information content (AvgIpc) is 3.06. The molecule has 1 atom stereocenters. The van der Waals surface area contributed by atoms with Crippen LogP contribution in [0.1, 0.15) is 28.4 Å². The smallest absolute Gasteiger partial charge is 0.255 e. The van der Waals surface area contributed by atoms with Gasteiger partial charge >= 0.3 is 0 Å². The standard InChI is InChI=1S/C25H30N4O4/c1-28(2)21(17-6-9-19(31-4)10-7-17)15-26-25(30)20-16-29(3)27-24(20)18-8-11-22-23(14-18)33-13-5-12-32-22/h6-11,14,16,21H,5,12-13,15H2,1-4H3,(H,26,30)/t21-/m0/s1. The van der Waals surface area contributed by atoms with Crippen molar-refractivity contribution in [3.8, 4) is 28.5 Å². The van der Waals surface area contributed by atoms with Crippen LogP contribution in [0.3, 0.4) is 0 Å². The second-order valence-corrected chi connectivity index (χ2v) is 8.24. The van der Waals surface area contributed by atoms with E-state index in [4.69, 9.17) is 14.2 Å². The summed E-state index contributed by atoms with van der Waals surface area (Å²) in [5, 5.41) is 7.63. The van der Waals surface area contributed by atoms with Gasteiger partial charge in [-0.2, -0.15) is 5.10 Å². The third kappa shape index (κ3) is 5.12. The molecule has 174 valence electrons. The molecule has 2 heterocycles. The number of benzene rings is 2. The summed E-state index contributed by atoms with van der Waals surface area (Å²) in [5.74, 6) is 2.02. The van der Waals surface area contributed by atoms with Gasteiger partial charge in [-0.05, 0) is 50.0 Å². The number of methoxy groups -OCH3 is 1. The summed E-state index contributed by atoms with van der Waals surface area (Å²) in [5.41, 5.74) is 3.02. The van der Waals surface area contributed by atoms with Crippen molar-refractivity contribution in [1.29, 1.82) is 0 Å². The van der Waals surface area contributed by atoms with Crippen molar-refractivity contribution in [1.82, 2.24) is 20.0 Å². The fourth-order valence-electron chi connectivity index (χ4n) is 3.89. The lowest BCUT2D eigenvalue weighted by Gasteiger charge is -2.25. The highest BCUT2D eigenvalue weighted by atomic mass is 16.5. The molecule has 2 aromatic carbocycles. The second-order valence-electron chi connectivity index (χ2n) is 8.24. The Kier molecular flexibility index (Phi) is 6.84. The lowest BCUT2D eigenvalue weighted by molar-refractivity contribution is 0.0942. The molecule has 1 aliphatic rings. The topological polar surface area (TPSA) is 77.8 Å². The number of rotatable bonds is 7. The first-order valence-corrected chi connectivity index (χ1v) is 11.0. The van der Waals surface area contributed by atoms with Crippen LogP contribution in [0.15, 0.2) is 48.7 Å². The van der Waals surface area contributed by atoms with E-state index < -0.39 is 0 Å². The third-order valence-corrected chi connectivity index (χ3v) is 5.67. The summed E-state index contributed by atoms with van der Waals surface area (Å²) in [6, 6.07) is 13.6. The minimum Gasteiger partial charge on any atom is -0.497 e. The van der Waals surface area contributed by atoms with Crippen molar-refractivity contribution < 1.29 is 19.0 Å². The Morgan fingerprint density at radius 1 is 1.15 bits per heavy atom. The number of ether oxygens (including phenoxy) is 3. The van der Waals surface area contributed by atoms with Crippen LogP contribution < -0.4 is 19.5 Å². The van der Waals surface area contributed by atoms with Gasteiger partial charge in [0.15, 0.2) is 11.5 Å². The fraction of sp³-hybridized carbons (Fsp3) is 0.360. The second kappa shape index (κ2) is 9.95. The van der Waals surface area contributed by atoms with Crippen LogP contribution in [0.2, 0.25) is 0 Å². The molecule has 0 saturated heterocycles. The van der Waals surface area contributed by atoms with Crippen LogP contribution in [-0.2, 0) is 7.05 Å². The molecule has 1 aromatic heterocycles. The van der Waals surface area contributed by atoms with E-state index in [1.165, 1.54) is 0 Å². The minimum atomic E-state index is -0.175. The van der Waals surface area contributed by atoms with Crippen molar-refractivity contribution in [3.05, 3.63) is 59.8 Å². The van der Waals surface area contributed by atoms with Gasteiger partial charge in [-0.25, -0.2) is 0 Å². The first-order valence-electron chi connectivity index (χ1n) is 11.0. The monoisotopic (exact) mass is 450 g/mol. The molecule has 8 nitrogen and oxygen atoms in total. The van der Waals surface area contributed by atoms with Gasteiger partial charge in [0.2, 0.25) is 0 Å². The summed E-state index contributed by atoms with van der Waals surface area (Å²) >= 11 is 0. The van der Waals surface area contributed by atoms with Crippen molar-refractivity contribution in [2.75, 3.05) is 41.0 Å². The predicted molar refractivity (Wildman–Crippen MR) is 126 cm³/mol. The molecule has 0 radical (unpaired) electrons. The van der Waals surface area contributed by atoms with Gasteiger partial charge in [-0.3, -0.25) is 9.48 Å². The van der Waals surface area contributed by atoms with E-state index in [0.717, 1.165) is 23.3 Å². The summed E-state index contributed by atoms with van der Waals surface area (Å²) in [6.07, 6.45) is 2.58. The minimum absolute atomic E-state index is 0.0121. The molecule has 0 unspecified atom stereocenters. The van der Waals surface area contributed by atoms with E-state index in [2.05, 4.69) is 15.3 Å². The molecular formula is C25H30N4O4. The molecule has 33 heavy (non-hydrogen) atoms. The molecule has 0 fully saturated rings. The van der Waals surface area contributed by atoms with Gasteiger partial charge < -0.3 is 24.4 Å². The van der Waals surface area contributed by atoms with Crippen LogP contribution in [-0.4, -0.2) is 61.6 Å². The number of likely N-dealkylation sites (N-methyl/N-ethyl adjacent to an activating group) is 1. The zero-order valence-electron chi connectivity index (χ0n) is 19.5. The molecule has 1 aliphatic heterocycles. The molecular weight excluding hydrogens is 420 g/mol. The van der Waals surface area contributed by atoms with Crippen LogP contribution in [0.4, 0.5) is 0 Å². The molecule has 0 saturated carbocycles. The normalized spacial score (nSPS) is 14.0. The van der Waals surface area contributed by atoms with Crippen LogP contribution in [0.25, 0.3) is 11.3 Å². The molecule has 4 rings (SSSR count). The van der Waals surface area contributed by atoms with Crippen molar-refractivity contribution in [3.63, 3.8) is 0 Å². The first kappa shape index (κ1) is 22.7. The maximum atomic E-state index is 13.2. The van der Waals surface area contributed by atoms with E-state index in [1.807, 2.05) is 63.6 Å². The van der Waals surface area contributed by atoms with Crippen molar-refractivity contribution >= 4 is 5.91 Å². The SMILES string of the molecule is COc1ccc([C@H](CNC(=O)c2cn(C)nc2-c2ccc3c(c2)OCCCO3)N(C)C)cc1. The molecule has 3 aromatic rings. The van der Waals surface area contributed by atoms with Crippen molar-refractivity contribution in [2.45, 2.75) is 12.5 Å². The average molecular weight is 451 g/mol. The number of aryl methyl sites for hydroxylation is 1. The molecule has 0 aliphatic carbocycles. The lowest BCUT2D eigenvalue weighted by Crippen LogP contribution is -2.34. The molecule has 8 heteroatoms. The van der Waals surface area contributed by atoms with Gasteiger partial charge in [-0.15, -0.1) is 0 Å². The number of carbonyl (C=O) groups is 1. The number of fused-ring (bicyclic) bond motifs is 1. The number of hydrogen-bond acceptors (Lipinski definition) is 6. The molecule has 1 amide bonds. The Hall–Kier alpha value is -3.52. The van der Waals surface area contributed by atoms with Gasteiger partial charge in [0, 0.05) is 31.8 Å². The van der Waals surface area contributed by atoms with E-state index in [-0.39, 0.29) is 11.9 Å². The van der Waals surface area contributed by atoms with Crippen molar-refractivity contribution in [2.24, 2.45) is 7.05 Å². The van der Waals surface area contributed by atoms with Crippen LogP contribution in [0, 0.1) is 0 Å². The quantitative estimate of drug-likeness (QED) is 0.595. The van der Waals surface area contributed by atoms with E-state index in [9.17, 15) is 4.79 Å². The Morgan fingerprint density at radius 2 is 1.88 bits per heavy atom. The van der Waals surface area contributed by atoms with Crippen LogP contribution in [0.5, 0.6) is 17.2 Å². The highest BCUT2D eigenvalue weighted by Crippen LogP contribution is 2.34. The number of hydrogen-bond donors (Lipinski definition) is 1. The third-order valence-electron chi connectivity index (χ3n) is 5.67. The van der Waals surface area contributed by atoms with Gasteiger partial charge in [0.05, 0.1) is 31.9 Å². The number of nitrogens with one attached hydrogen (secondary N) is 1. The maximum Gasteiger partial charge on any atom is 0.255 e. The van der Waals surface area contributed by atoms with E-state index in [0.29, 0.717) is 42.5 Å². The predicted octanol–water partition coefficient (Wildman–Crippen LogP) is 3.29. The number of aromatic nitrogens is 2. The Labute approximate surface area is 194 Å². The highest BCUT2D eigenvalue weighted by Gasteiger charge is 2.22. The van der Waals surface area contributed by atoms with Crippen LogP contribution >= 0.6 is 0 Å². The Bertz CT molecular complexity index is 1110. The molecule has 1 N–H and O–H groups in total. The number of carbonyl (C=O) groups excluding carboxylic acids is 1. The fourth-order valence-corrected chi connectivity index (χ4v) is 3.89. The number of amides is 1. The summed E-state index contributed by atoms with van der Waals surface area (Å²) in [7, 11) is 7.44. The summed E-state index contributed by atoms with van der Waals surface area (Å²) in [4.78, 5) is 15.3. The first-order chi connectivity index (χ1) is 16.0. The highest BCUT2D eigenvalue weighted by molar-refractivity contribution is 6.00. The van der Waals surface area contributed by atoms with E-state index in [1.54, 1.807) is 18.0 Å². The maximum absolute atomic E-state index is 13.2.